The monoisotopic (exact) mass is 397 g/mol. The van der Waals surface area contributed by atoms with Gasteiger partial charge in [0, 0.05) is 10.4 Å². The molecule has 0 aliphatic heterocycles. The molecule has 4 aromatic rings. The van der Waals surface area contributed by atoms with Crippen molar-refractivity contribution in [3.63, 3.8) is 0 Å². The molecule has 2 heterocycles. The highest BCUT2D eigenvalue weighted by molar-refractivity contribution is 7.92. The van der Waals surface area contributed by atoms with E-state index in [1.54, 1.807) is 29.8 Å². The van der Waals surface area contributed by atoms with Crippen LogP contribution in [0.1, 0.15) is 6.92 Å². The van der Waals surface area contributed by atoms with Gasteiger partial charge in [-0.2, -0.15) is 0 Å². The van der Waals surface area contributed by atoms with Gasteiger partial charge in [-0.1, -0.05) is 24.3 Å². The maximum Gasteiger partial charge on any atom is 0.128 e. The molecule has 0 aliphatic carbocycles. The fourth-order valence-corrected chi connectivity index (χ4v) is 4.39. The van der Waals surface area contributed by atoms with E-state index >= 15 is 0 Å². The van der Waals surface area contributed by atoms with Crippen LogP contribution in [0.2, 0.25) is 0 Å². The molecule has 1 unspecified atom stereocenters. The van der Waals surface area contributed by atoms with Crippen LogP contribution in [0.25, 0.3) is 31.9 Å². The zero-order valence-corrected chi connectivity index (χ0v) is 16.1. The van der Waals surface area contributed by atoms with Gasteiger partial charge in [-0.25, -0.2) is 19.1 Å². The van der Waals surface area contributed by atoms with Crippen molar-refractivity contribution in [2.45, 2.75) is 6.92 Å². The van der Waals surface area contributed by atoms with Crippen LogP contribution < -0.4 is 4.72 Å². The van der Waals surface area contributed by atoms with E-state index in [-0.39, 0.29) is 5.82 Å². The van der Waals surface area contributed by atoms with Crippen LogP contribution >= 0.6 is 11.3 Å². The van der Waals surface area contributed by atoms with E-state index in [1.807, 2.05) is 37.3 Å². The van der Waals surface area contributed by atoms with Crippen molar-refractivity contribution in [2.24, 2.45) is 0 Å². The molecule has 0 aliphatic rings. The molecule has 0 radical (unpaired) electrons. The smallest absolute Gasteiger partial charge is 0.128 e. The molecule has 1 N–H and O–H groups in total. The van der Waals surface area contributed by atoms with Crippen LogP contribution in [-0.2, 0) is 11.4 Å². The highest BCUT2D eigenvalue weighted by atomic mass is 32.2. The van der Waals surface area contributed by atoms with Crippen LogP contribution in [-0.4, -0.2) is 20.3 Å². The summed E-state index contributed by atoms with van der Waals surface area (Å²) in [5.41, 5.74) is 4.43. The zero-order chi connectivity index (χ0) is 18.8. The van der Waals surface area contributed by atoms with Crippen molar-refractivity contribution in [3.05, 3.63) is 66.7 Å². The lowest BCUT2D eigenvalue weighted by molar-refractivity contribution is 0.601. The van der Waals surface area contributed by atoms with Crippen LogP contribution in [0.4, 0.5) is 10.1 Å². The van der Waals surface area contributed by atoms with Gasteiger partial charge in [-0.3, -0.25) is 0 Å². The molecule has 0 saturated carbocycles. The Labute approximate surface area is 163 Å². The molecule has 2 aromatic heterocycles. The second-order valence-corrected chi connectivity index (χ2v) is 8.39. The number of aromatic nitrogens is 2. The van der Waals surface area contributed by atoms with Crippen LogP contribution in [0.5, 0.6) is 0 Å². The number of rotatable bonds is 5. The molecule has 4 nitrogen and oxygen atoms in total. The molecule has 2 aromatic carbocycles. The minimum Gasteiger partial charge on any atom is -0.593 e. The molecule has 0 amide bonds. The molecular formula is C20H16FN3OS2. The minimum absolute atomic E-state index is 0.252. The average molecular weight is 398 g/mol. The average Bonchev–Trinajstić information content (AvgIpc) is 3.13. The Hall–Kier alpha value is -2.48. The fourth-order valence-electron chi connectivity index (χ4n) is 2.72. The summed E-state index contributed by atoms with van der Waals surface area (Å²) >= 11 is 0.513. The number of fused-ring (bicyclic) bond motifs is 1. The molecule has 136 valence electrons. The maximum absolute atomic E-state index is 13.2. The molecule has 7 heteroatoms. The first-order valence-electron chi connectivity index (χ1n) is 8.40. The summed E-state index contributed by atoms with van der Waals surface area (Å²) in [6.45, 7) is 1.87. The highest BCUT2D eigenvalue weighted by Crippen LogP contribution is 2.37. The summed E-state index contributed by atoms with van der Waals surface area (Å²) in [7, 11) is 0. The number of hydrogen-bond acceptors (Lipinski definition) is 5. The van der Waals surface area contributed by atoms with Gasteiger partial charge in [-0.05, 0) is 42.8 Å². The summed E-state index contributed by atoms with van der Waals surface area (Å²) in [6, 6.07) is 16.1. The second kappa shape index (κ2) is 7.64. The number of hydrogen-bond donors (Lipinski definition) is 1. The highest BCUT2D eigenvalue weighted by Gasteiger charge is 2.12. The van der Waals surface area contributed by atoms with E-state index in [1.165, 1.54) is 12.1 Å². The third-order valence-electron chi connectivity index (χ3n) is 4.09. The summed E-state index contributed by atoms with van der Waals surface area (Å²) in [4.78, 5) is 9.85. The molecule has 27 heavy (non-hydrogen) atoms. The first-order chi connectivity index (χ1) is 13.1. The number of benzene rings is 2. The van der Waals surface area contributed by atoms with E-state index in [2.05, 4.69) is 14.7 Å². The Kier molecular flexibility index (Phi) is 5.07. The van der Waals surface area contributed by atoms with Crippen LogP contribution in [0.15, 0.2) is 60.9 Å². The fraction of sp³-hybridized carbons (Fsp3) is 0.100. The Morgan fingerprint density at radius 2 is 1.74 bits per heavy atom. The Bertz CT molecular complexity index is 1060. The van der Waals surface area contributed by atoms with Gasteiger partial charge in [0.15, 0.2) is 0 Å². The van der Waals surface area contributed by atoms with Crippen LogP contribution in [0.3, 0.4) is 0 Å². The van der Waals surface area contributed by atoms with Crippen molar-refractivity contribution in [2.75, 3.05) is 10.5 Å². The van der Waals surface area contributed by atoms with Gasteiger partial charge >= 0.3 is 0 Å². The summed E-state index contributed by atoms with van der Waals surface area (Å²) < 4.78 is 28.7. The van der Waals surface area contributed by atoms with Crippen molar-refractivity contribution in [1.82, 2.24) is 9.97 Å². The summed E-state index contributed by atoms with van der Waals surface area (Å²) in [5.74, 6) is 0.299. The van der Waals surface area contributed by atoms with Crippen LogP contribution in [0, 0.1) is 5.82 Å². The standard InChI is InChI=1S/C20H16FN3OS2/c1-2-27(25)24-16-9-5-14(6-10-16)19-20-17(22-12-23-19)11-18(26-20)13-3-7-15(21)8-4-13/h3-12,24H,2H2,1H3. The predicted molar refractivity (Wildman–Crippen MR) is 111 cm³/mol. The first-order valence-corrected chi connectivity index (χ1v) is 10.5. The lowest BCUT2D eigenvalue weighted by atomic mass is 10.1. The third kappa shape index (κ3) is 3.80. The molecule has 0 fully saturated rings. The molecule has 0 spiro atoms. The van der Waals surface area contributed by atoms with E-state index in [0.717, 1.165) is 37.6 Å². The van der Waals surface area contributed by atoms with Gasteiger partial charge in [0.1, 0.15) is 17.9 Å². The third-order valence-corrected chi connectivity index (χ3v) is 6.26. The first kappa shape index (κ1) is 17.9. The number of halogens is 1. The minimum atomic E-state index is -1.07. The van der Waals surface area contributed by atoms with E-state index in [9.17, 15) is 8.94 Å². The number of nitrogens with zero attached hydrogens (tertiary/aromatic N) is 2. The number of anilines is 1. The molecular weight excluding hydrogens is 381 g/mol. The van der Waals surface area contributed by atoms with Crippen molar-refractivity contribution in [1.29, 1.82) is 0 Å². The SMILES string of the molecule is CC[S+]([O-])Nc1ccc(-c2ncnc3cc(-c4ccc(F)cc4)sc23)cc1. The molecule has 0 saturated heterocycles. The Morgan fingerprint density at radius 1 is 1.04 bits per heavy atom. The quantitative estimate of drug-likeness (QED) is 0.467. The second-order valence-electron chi connectivity index (χ2n) is 5.87. The molecule has 0 bridgehead atoms. The van der Waals surface area contributed by atoms with Gasteiger partial charge in [-0.15, -0.1) is 11.3 Å². The maximum atomic E-state index is 13.2. The number of thiophene rings is 1. The van der Waals surface area contributed by atoms with E-state index in [0.29, 0.717) is 5.75 Å². The Morgan fingerprint density at radius 3 is 2.44 bits per heavy atom. The lowest BCUT2D eigenvalue weighted by Crippen LogP contribution is -2.14. The van der Waals surface area contributed by atoms with Gasteiger partial charge in [0.25, 0.3) is 0 Å². The van der Waals surface area contributed by atoms with E-state index in [4.69, 9.17) is 0 Å². The van der Waals surface area contributed by atoms with Crippen molar-refractivity contribution >= 4 is 38.6 Å². The van der Waals surface area contributed by atoms with E-state index < -0.39 is 11.4 Å². The Balaban J connectivity index is 1.71. The topological polar surface area (TPSA) is 60.9 Å². The molecule has 1 atom stereocenters. The van der Waals surface area contributed by atoms with Gasteiger partial charge in [0.05, 0.1) is 33.0 Å². The summed E-state index contributed by atoms with van der Waals surface area (Å²) in [6.07, 6.45) is 1.55. The normalized spacial score (nSPS) is 12.3. The van der Waals surface area contributed by atoms with Crippen molar-refractivity contribution in [3.8, 4) is 21.7 Å². The zero-order valence-electron chi connectivity index (χ0n) is 14.5. The predicted octanol–water partition coefficient (Wildman–Crippen LogP) is 5.26. The largest absolute Gasteiger partial charge is 0.593 e. The molecule has 4 rings (SSSR count). The summed E-state index contributed by atoms with van der Waals surface area (Å²) in [5, 5.41) is 0. The van der Waals surface area contributed by atoms with Gasteiger partial charge < -0.3 is 4.55 Å². The number of nitrogens with one attached hydrogen (secondary N) is 1. The lowest BCUT2D eigenvalue weighted by Gasteiger charge is -2.10. The van der Waals surface area contributed by atoms with Gasteiger partial charge in [0.2, 0.25) is 0 Å². The van der Waals surface area contributed by atoms with Crippen molar-refractivity contribution < 1.29 is 8.94 Å².